The Morgan fingerprint density at radius 3 is 2.14 bits per heavy atom. The first-order valence-corrected chi connectivity index (χ1v) is 5.22. The van der Waals surface area contributed by atoms with Gasteiger partial charge >= 0.3 is 37.7 Å². The van der Waals surface area contributed by atoms with Crippen molar-refractivity contribution in [2.75, 3.05) is 0 Å². The third kappa shape index (κ3) is 4.77. The molecule has 0 saturated carbocycles. The average molecular weight is 276 g/mol. The molecule has 0 aliphatic carbocycles. The summed E-state index contributed by atoms with van der Waals surface area (Å²) in [7, 11) is 0. The van der Waals surface area contributed by atoms with E-state index in [9.17, 15) is 24.2 Å². The first-order valence-electron chi connectivity index (χ1n) is 5.22. The molecular formula is C12H7FLi2N2O4. The minimum Gasteiger partial charge on any atom is -0.543 e. The van der Waals surface area contributed by atoms with Gasteiger partial charge in [-0.2, -0.15) is 5.10 Å². The van der Waals surface area contributed by atoms with Gasteiger partial charge < -0.3 is 19.8 Å². The second-order valence-electron chi connectivity index (χ2n) is 3.77. The van der Waals surface area contributed by atoms with E-state index in [1.807, 2.05) is 0 Å². The fourth-order valence-electron chi connectivity index (χ4n) is 1.56. The molecule has 1 aromatic heterocycles. The summed E-state index contributed by atoms with van der Waals surface area (Å²) in [6, 6.07) is 6.14. The summed E-state index contributed by atoms with van der Waals surface area (Å²) in [5.41, 5.74) is -0.318. The van der Waals surface area contributed by atoms with Crippen molar-refractivity contribution in [1.29, 1.82) is 0 Å². The van der Waals surface area contributed by atoms with Crippen molar-refractivity contribution in [2.45, 2.75) is 6.54 Å². The molecule has 0 bridgehead atoms. The molecular weight excluding hydrogens is 269 g/mol. The van der Waals surface area contributed by atoms with Crippen LogP contribution >= 0.6 is 0 Å². The first-order chi connectivity index (χ1) is 8.97. The molecule has 21 heavy (non-hydrogen) atoms. The summed E-state index contributed by atoms with van der Waals surface area (Å²) >= 11 is 0. The molecule has 6 nitrogen and oxygen atoms in total. The van der Waals surface area contributed by atoms with Crippen molar-refractivity contribution in [2.24, 2.45) is 0 Å². The predicted octanol–water partition coefficient (Wildman–Crippen LogP) is -7.19. The Hall–Kier alpha value is -1.51. The van der Waals surface area contributed by atoms with Gasteiger partial charge in [-0.25, -0.2) is 4.39 Å². The van der Waals surface area contributed by atoms with Gasteiger partial charge in [-0.1, -0.05) is 12.1 Å². The molecule has 1 heterocycles. The topological polar surface area (TPSA) is 98.1 Å². The maximum Gasteiger partial charge on any atom is 1.00 e. The number of aromatic nitrogens is 2. The van der Waals surface area contributed by atoms with Gasteiger partial charge in [-0.05, 0) is 23.8 Å². The maximum absolute atomic E-state index is 12.7. The van der Waals surface area contributed by atoms with Crippen LogP contribution in [-0.4, -0.2) is 21.7 Å². The van der Waals surface area contributed by atoms with Gasteiger partial charge in [-0.3, -0.25) is 4.68 Å². The van der Waals surface area contributed by atoms with Gasteiger partial charge in [0.05, 0.1) is 24.2 Å². The van der Waals surface area contributed by atoms with Crippen LogP contribution in [0.5, 0.6) is 0 Å². The third-order valence-corrected chi connectivity index (χ3v) is 2.44. The van der Waals surface area contributed by atoms with Gasteiger partial charge in [0.1, 0.15) is 11.5 Å². The number of rotatable bonds is 4. The Kier molecular flexibility index (Phi) is 7.49. The monoisotopic (exact) mass is 276 g/mol. The van der Waals surface area contributed by atoms with Crippen molar-refractivity contribution in [1.82, 2.24) is 9.78 Å². The minimum atomic E-state index is -1.58. The van der Waals surface area contributed by atoms with Crippen molar-refractivity contribution in [3.63, 3.8) is 0 Å². The molecule has 0 aliphatic rings. The molecule has 2 aromatic rings. The molecule has 0 radical (unpaired) electrons. The van der Waals surface area contributed by atoms with Crippen LogP contribution in [0.4, 0.5) is 4.39 Å². The van der Waals surface area contributed by atoms with Crippen molar-refractivity contribution >= 4 is 11.9 Å². The Bertz CT molecular complexity index is 643. The zero-order valence-corrected chi connectivity index (χ0v) is 11.5. The molecule has 9 heteroatoms. The second-order valence-corrected chi connectivity index (χ2v) is 3.77. The SMILES string of the molecule is O=C([O-])c1cc(C(=O)[O-])n(Cc2ccc(F)cc2)n1.[Li+].[Li+]. The Balaban J connectivity index is 0.00000200. The largest absolute Gasteiger partial charge is 1.00 e. The zero-order chi connectivity index (χ0) is 14.0. The van der Waals surface area contributed by atoms with E-state index < -0.39 is 23.4 Å². The maximum atomic E-state index is 12.7. The van der Waals surface area contributed by atoms with Gasteiger partial charge in [0, 0.05) is 0 Å². The van der Waals surface area contributed by atoms with Crippen molar-refractivity contribution in [3.8, 4) is 0 Å². The molecule has 2 rings (SSSR count). The number of carboxylic acids is 2. The number of carboxylic acid groups (broad SMARTS) is 2. The molecule has 0 amide bonds. The van der Waals surface area contributed by atoms with Crippen LogP contribution in [0.25, 0.3) is 0 Å². The van der Waals surface area contributed by atoms with Crippen LogP contribution in [0.15, 0.2) is 30.3 Å². The molecule has 0 spiro atoms. The summed E-state index contributed by atoms with van der Waals surface area (Å²) in [6.07, 6.45) is 0. The summed E-state index contributed by atoms with van der Waals surface area (Å²) in [5, 5.41) is 25.1. The fraction of sp³-hybridized carbons (Fsp3) is 0.0833. The van der Waals surface area contributed by atoms with Crippen LogP contribution in [0, 0.1) is 5.82 Å². The number of nitrogens with zero attached hydrogens (tertiary/aromatic N) is 2. The summed E-state index contributed by atoms with van der Waals surface area (Å²) in [6.45, 7) is -0.0170. The molecule has 0 aliphatic heterocycles. The van der Waals surface area contributed by atoms with Gasteiger partial charge in [-0.15, -0.1) is 0 Å². The number of halogens is 1. The molecule has 0 atom stereocenters. The van der Waals surface area contributed by atoms with Gasteiger partial charge in [0.15, 0.2) is 0 Å². The van der Waals surface area contributed by atoms with Crippen molar-refractivity contribution < 1.29 is 61.9 Å². The quantitative estimate of drug-likeness (QED) is 0.517. The van der Waals surface area contributed by atoms with Crippen LogP contribution in [0.1, 0.15) is 26.5 Å². The van der Waals surface area contributed by atoms with E-state index in [4.69, 9.17) is 0 Å². The Labute approximate surface area is 143 Å². The van der Waals surface area contributed by atoms with Crippen LogP contribution < -0.4 is 47.9 Å². The van der Waals surface area contributed by atoms with E-state index >= 15 is 0 Å². The van der Waals surface area contributed by atoms with E-state index in [0.717, 1.165) is 10.7 Å². The van der Waals surface area contributed by atoms with Crippen LogP contribution in [0.3, 0.4) is 0 Å². The average Bonchev–Trinajstić information content (AvgIpc) is 2.76. The Morgan fingerprint density at radius 2 is 1.67 bits per heavy atom. The molecule has 0 saturated heterocycles. The molecule has 0 unspecified atom stereocenters. The summed E-state index contributed by atoms with van der Waals surface area (Å²) in [5.74, 6) is -3.57. The molecule has 0 N–H and O–H groups in total. The number of hydrogen-bond acceptors (Lipinski definition) is 5. The number of hydrogen-bond donors (Lipinski definition) is 0. The summed E-state index contributed by atoms with van der Waals surface area (Å²) in [4.78, 5) is 21.5. The number of carbonyl (C=O) groups is 2. The normalized spacial score (nSPS) is 9.38. The molecule has 0 fully saturated rings. The third-order valence-electron chi connectivity index (χ3n) is 2.44. The van der Waals surface area contributed by atoms with E-state index in [1.165, 1.54) is 24.3 Å². The van der Waals surface area contributed by atoms with Crippen LogP contribution in [0.2, 0.25) is 0 Å². The smallest absolute Gasteiger partial charge is 0.543 e. The summed E-state index contributed by atoms with van der Waals surface area (Å²) < 4.78 is 13.7. The zero-order valence-electron chi connectivity index (χ0n) is 11.5. The van der Waals surface area contributed by atoms with E-state index in [2.05, 4.69) is 5.10 Å². The standard InChI is InChI=1S/C12H9FN2O4.2Li/c13-8-3-1-7(2-4-8)6-15-10(12(18)19)5-9(14-15)11(16)17;;/h1-5H,6H2,(H,16,17)(H,18,19);;/q;2*+1/p-2. The van der Waals surface area contributed by atoms with E-state index in [0.29, 0.717) is 5.56 Å². The Morgan fingerprint density at radius 1 is 1.10 bits per heavy atom. The fourth-order valence-corrected chi connectivity index (χ4v) is 1.56. The van der Waals surface area contributed by atoms with E-state index in [1.54, 1.807) is 0 Å². The van der Waals surface area contributed by atoms with Gasteiger partial charge in [0.2, 0.25) is 0 Å². The van der Waals surface area contributed by atoms with E-state index in [-0.39, 0.29) is 50.0 Å². The number of benzene rings is 1. The molecule has 98 valence electrons. The molecule has 1 aromatic carbocycles. The van der Waals surface area contributed by atoms with Crippen molar-refractivity contribution in [3.05, 3.63) is 53.1 Å². The first kappa shape index (κ1) is 19.5. The van der Waals surface area contributed by atoms with Crippen LogP contribution in [-0.2, 0) is 6.54 Å². The predicted molar refractivity (Wildman–Crippen MR) is 56.4 cm³/mol. The minimum absolute atomic E-state index is 0. The second kappa shape index (κ2) is 8.06. The van der Waals surface area contributed by atoms with Gasteiger partial charge in [0.25, 0.3) is 0 Å². The number of carbonyl (C=O) groups excluding carboxylic acids is 2. The number of aromatic carboxylic acids is 2.